The quantitative estimate of drug-likeness (QED) is 0.694. The number of sulfonamides is 1. The number of hydrogen-bond donors (Lipinski definition) is 2. The van der Waals surface area contributed by atoms with Crippen molar-refractivity contribution < 1.29 is 18.0 Å². The van der Waals surface area contributed by atoms with E-state index in [1.807, 2.05) is 6.07 Å². The summed E-state index contributed by atoms with van der Waals surface area (Å²) in [6, 6.07) is 9.13. The molecule has 2 aromatic rings. The third-order valence-corrected chi connectivity index (χ3v) is 6.48. The average Bonchev–Trinajstić information content (AvgIpc) is 3.14. The Labute approximate surface area is 176 Å². The molecule has 2 N–H and O–H groups in total. The molecule has 1 aromatic heterocycles. The molecule has 8 nitrogen and oxygen atoms in total. The highest BCUT2D eigenvalue weighted by molar-refractivity contribution is 7.89. The van der Waals surface area contributed by atoms with E-state index in [1.54, 1.807) is 49.2 Å². The van der Waals surface area contributed by atoms with Gasteiger partial charge in [-0.05, 0) is 48.2 Å². The minimum absolute atomic E-state index is 0.0769. The molecule has 0 radical (unpaired) electrons. The molecule has 1 aliphatic heterocycles. The first-order valence-corrected chi connectivity index (χ1v) is 11.3. The van der Waals surface area contributed by atoms with Crippen LogP contribution in [0.3, 0.4) is 0 Å². The van der Waals surface area contributed by atoms with Crippen LogP contribution in [0.5, 0.6) is 0 Å². The van der Waals surface area contributed by atoms with E-state index in [-0.39, 0.29) is 23.3 Å². The summed E-state index contributed by atoms with van der Waals surface area (Å²) in [5, 5.41) is 2.74. The van der Waals surface area contributed by atoms with Crippen LogP contribution in [-0.4, -0.2) is 37.8 Å². The molecule has 0 unspecified atom stereocenters. The van der Waals surface area contributed by atoms with Gasteiger partial charge < -0.3 is 10.2 Å². The van der Waals surface area contributed by atoms with Crippen molar-refractivity contribution >= 4 is 27.5 Å². The number of pyridine rings is 1. The van der Waals surface area contributed by atoms with Gasteiger partial charge in [0.15, 0.2) is 0 Å². The maximum absolute atomic E-state index is 13.0. The number of aromatic nitrogens is 1. The molecule has 0 spiro atoms. The monoisotopic (exact) mass is 430 g/mol. The number of carbonyl (C=O) groups is 2. The van der Waals surface area contributed by atoms with E-state index < -0.39 is 22.0 Å². The van der Waals surface area contributed by atoms with Gasteiger partial charge in [0, 0.05) is 25.4 Å². The summed E-state index contributed by atoms with van der Waals surface area (Å²) in [6.07, 6.45) is 2.22. The highest BCUT2D eigenvalue weighted by atomic mass is 32.2. The predicted octanol–water partition coefficient (Wildman–Crippen LogP) is 1.61. The fourth-order valence-electron chi connectivity index (χ4n) is 3.39. The molecule has 30 heavy (non-hydrogen) atoms. The number of benzene rings is 1. The third-order valence-electron chi connectivity index (χ3n) is 5.04. The maximum Gasteiger partial charge on any atom is 0.241 e. The van der Waals surface area contributed by atoms with Crippen LogP contribution in [-0.2, 0) is 32.6 Å². The molecule has 0 fully saturated rings. The number of nitrogens with one attached hydrogen (secondary N) is 2. The minimum atomic E-state index is -3.92. The van der Waals surface area contributed by atoms with Gasteiger partial charge in [-0.15, -0.1) is 0 Å². The topological polar surface area (TPSA) is 108 Å². The van der Waals surface area contributed by atoms with E-state index >= 15 is 0 Å². The summed E-state index contributed by atoms with van der Waals surface area (Å²) in [5.41, 5.74) is 2.22. The first-order chi connectivity index (χ1) is 14.2. The Morgan fingerprint density at radius 3 is 2.60 bits per heavy atom. The highest BCUT2D eigenvalue weighted by Crippen LogP contribution is 2.30. The van der Waals surface area contributed by atoms with Crippen LogP contribution >= 0.6 is 0 Å². The van der Waals surface area contributed by atoms with Crippen molar-refractivity contribution in [2.45, 2.75) is 44.7 Å². The van der Waals surface area contributed by atoms with Crippen molar-refractivity contribution in [1.29, 1.82) is 0 Å². The van der Waals surface area contributed by atoms with Crippen LogP contribution in [0.1, 0.15) is 32.0 Å². The molecule has 2 heterocycles. The standard InChI is InChI=1S/C21H26N4O4S/c1-14(2)20(21(27)23-13-17-6-4-5-10-22-17)24-30(28,29)18-7-8-19-16(12-18)9-11-25(19)15(3)26/h4-8,10,12,14,20,24H,9,11,13H2,1-3H3,(H,23,27)/t20-/m0/s1. The van der Waals surface area contributed by atoms with Gasteiger partial charge in [0.25, 0.3) is 0 Å². The number of carbonyl (C=O) groups excluding carboxylic acids is 2. The number of nitrogens with zero attached hydrogens (tertiary/aromatic N) is 2. The van der Waals surface area contributed by atoms with Crippen molar-refractivity contribution in [2.75, 3.05) is 11.4 Å². The summed E-state index contributed by atoms with van der Waals surface area (Å²) in [6.45, 7) is 5.79. The SMILES string of the molecule is CC(=O)N1CCc2cc(S(=O)(=O)N[C@H](C(=O)NCc3ccccn3)C(C)C)ccc21. The zero-order chi connectivity index (χ0) is 21.9. The number of anilines is 1. The van der Waals surface area contributed by atoms with Gasteiger partial charge >= 0.3 is 0 Å². The average molecular weight is 431 g/mol. The van der Waals surface area contributed by atoms with Crippen molar-refractivity contribution in [3.05, 3.63) is 53.9 Å². The molecule has 0 aliphatic carbocycles. The molecule has 160 valence electrons. The fraction of sp³-hybridized carbons (Fsp3) is 0.381. The molecule has 0 saturated heterocycles. The van der Waals surface area contributed by atoms with Crippen LogP contribution in [0.2, 0.25) is 0 Å². The Hall–Kier alpha value is -2.78. The van der Waals surface area contributed by atoms with Crippen molar-refractivity contribution in [3.8, 4) is 0 Å². The summed E-state index contributed by atoms with van der Waals surface area (Å²) in [5.74, 6) is -0.749. The zero-order valence-electron chi connectivity index (χ0n) is 17.3. The van der Waals surface area contributed by atoms with Gasteiger partial charge in [-0.25, -0.2) is 8.42 Å². The molecule has 1 aliphatic rings. The number of fused-ring (bicyclic) bond motifs is 1. The Morgan fingerprint density at radius 1 is 1.20 bits per heavy atom. The van der Waals surface area contributed by atoms with Gasteiger partial charge in [0.2, 0.25) is 21.8 Å². The molecule has 1 aromatic carbocycles. The van der Waals surface area contributed by atoms with Crippen LogP contribution in [0.4, 0.5) is 5.69 Å². The lowest BCUT2D eigenvalue weighted by Crippen LogP contribution is -2.49. The highest BCUT2D eigenvalue weighted by Gasteiger charge is 2.30. The van der Waals surface area contributed by atoms with Crippen molar-refractivity contribution in [3.63, 3.8) is 0 Å². The minimum Gasteiger partial charge on any atom is -0.349 e. The lowest BCUT2D eigenvalue weighted by molar-refractivity contribution is -0.123. The van der Waals surface area contributed by atoms with Crippen LogP contribution in [0.15, 0.2) is 47.5 Å². The molecule has 0 saturated carbocycles. The Balaban J connectivity index is 1.74. The van der Waals surface area contributed by atoms with Gasteiger partial charge in [-0.3, -0.25) is 14.6 Å². The van der Waals surface area contributed by atoms with E-state index in [2.05, 4.69) is 15.0 Å². The lowest BCUT2D eigenvalue weighted by atomic mass is 10.1. The Morgan fingerprint density at radius 2 is 1.97 bits per heavy atom. The predicted molar refractivity (Wildman–Crippen MR) is 113 cm³/mol. The Kier molecular flexibility index (Phi) is 6.52. The molecule has 0 bridgehead atoms. The molecule has 1 atom stereocenters. The summed E-state index contributed by atoms with van der Waals surface area (Å²) in [7, 11) is -3.92. The van der Waals surface area contributed by atoms with E-state index in [4.69, 9.17) is 0 Å². The summed E-state index contributed by atoms with van der Waals surface area (Å²) >= 11 is 0. The van der Waals surface area contributed by atoms with Gasteiger partial charge in [0.05, 0.1) is 17.1 Å². The molecule has 9 heteroatoms. The Bertz CT molecular complexity index is 1040. The van der Waals surface area contributed by atoms with E-state index in [9.17, 15) is 18.0 Å². The summed E-state index contributed by atoms with van der Waals surface area (Å²) < 4.78 is 28.4. The number of rotatable bonds is 7. The first-order valence-electron chi connectivity index (χ1n) is 9.80. The van der Waals surface area contributed by atoms with E-state index in [0.29, 0.717) is 18.7 Å². The first kappa shape index (κ1) is 21.9. The molecule has 2 amide bonds. The molecule has 3 rings (SSSR count). The van der Waals surface area contributed by atoms with Gasteiger partial charge in [0.1, 0.15) is 6.04 Å². The maximum atomic E-state index is 13.0. The second-order valence-corrected chi connectivity index (χ2v) is 9.31. The molecular weight excluding hydrogens is 404 g/mol. The van der Waals surface area contributed by atoms with E-state index in [0.717, 1.165) is 11.3 Å². The van der Waals surface area contributed by atoms with Gasteiger partial charge in [-0.1, -0.05) is 19.9 Å². The second kappa shape index (κ2) is 8.93. The third kappa shape index (κ3) is 4.85. The normalized spacial score (nSPS) is 14.5. The zero-order valence-corrected chi connectivity index (χ0v) is 18.1. The van der Waals surface area contributed by atoms with Crippen molar-refractivity contribution in [1.82, 2.24) is 15.0 Å². The number of amides is 2. The number of hydrogen-bond acceptors (Lipinski definition) is 5. The summed E-state index contributed by atoms with van der Waals surface area (Å²) in [4.78, 5) is 30.2. The largest absolute Gasteiger partial charge is 0.349 e. The van der Waals surface area contributed by atoms with Crippen LogP contribution in [0, 0.1) is 5.92 Å². The van der Waals surface area contributed by atoms with Crippen LogP contribution in [0.25, 0.3) is 0 Å². The van der Waals surface area contributed by atoms with Crippen LogP contribution < -0.4 is 14.9 Å². The lowest BCUT2D eigenvalue weighted by Gasteiger charge is -2.22. The van der Waals surface area contributed by atoms with E-state index in [1.165, 1.54) is 13.0 Å². The smallest absolute Gasteiger partial charge is 0.241 e. The second-order valence-electron chi connectivity index (χ2n) is 7.59. The fourth-order valence-corrected chi connectivity index (χ4v) is 4.78. The van der Waals surface area contributed by atoms with Crippen molar-refractivity contribution in [2.24, 2.45) is 5.92 Å². The molecular formula is C21H26N4O4S. The van der Waals surface area contributed by atoms with Gasteiger partial charge in [-0.2, -0.15) is 4.72 Å².